The number of sulfonamides is 1. The molecule has 2 N–H and O–H groups in total. The molecule has 1 amide bonds. The van der Waals surface area contributed by atoms with E-state index in [9.17, 15) is 26.4 Å². The van der Waals surface area contributed by atoms with E-state index in [0.29, 0.717) is 0 Å². The molecule has 0 heterocycles. The average molecular weight is 526 g/mol. The number of nitrogens with zero attached hydrogens (tertiary/aromatic N) is 1. The molecule has 6 nitrogen and oxygen atoms in total. The summed E-state index contributed by atoms with van der Waals surface area (Å²) in [5, 5.41) is 3.58. The van der Waals surface area contributed by atoms with Gasteiger partial charge in [-0.25, -0.2) is 13.8 Å². The van der Waals surface area contributed by atoms with Crippen molar-refractivity contribution in [3.8, 4) is 0 Å². The van der Waals surface area contributed by atoms with Crippen molar-refractivity contribution < 1.29 is 26.4 Å². The van der Waals surface area contributed by atoms with Gasteiger partial charge in [-0.2, -0.15) is 18.3 Å². The van der Waals surface area contributed by atoms with Crippen LogP contribution in [0.25, 0.3) is 0 Å². The van der Waals surface area contributed by atoms with Crippen LogP contribution in [0, 0.1) is 0 Å². The van der Waals surface area contributed by atoms with Crippen molar-refractivity contribution in [1.82, 2.24) is 5.43 Å². The van der Waals surface area contributed by atoms with Crippen molar-refractivity contribution in [1.29, 1.82) is 0 Å². The molecule has 0 aliphatic heterocycles. The number of amides is 1. The summed E-state index contributed by atoms with van der Waals surface area (Å²) in [7, 11) is -3.81. The van der Waals surface area contributed by atoms with Crippen LogP contribution in [-0.2, 0) is 16.2 Å². The maximum atomic E-state index is 13.0. The van der Waals surface area contributed by atoms with E-state index < -0.39 is 27.7 Å². The third kappa shape index (κ3) is 5.95. The first-order valence-electron chi connectivity index (χ1n) is 8.94. The molecule has 0 bridgehead atoms. The van der Waals surface area contributed by atoms with Gasteiger partial charge < -0.3 is 0 Å². The molecule has 166 valence electrons. The molecule has 0 unspecified atom stereocenters. The van der Waals surface area contributed by atoms with Gasteiger partial charge in [0.1, 0.15) is 0 Å². The minimum Gasteiger partial charge on any atom is -0.280 e. The van der Waals surface area contributed by atoms with Gasteiger partial charge in [0, 0.05) is 21.3 Å². The number of anilines is 1. The predicted octanol–water partition coefficient (Wildman–Crippen LogP) is 5.03. The quantitative estimate of drug-likeness (QED) is 0.349. The Labute approximate surface area is 190 Å². The highest BCUT2D eigenvalue weighted by Crippen LogP contribution is 2.31. The second-order valence-electron chi connectivity index (χ2n) is 6.42. The van der Waals surface area contributed by atoms with Gasteiger partial charge in [0.2, 0.25) is 0 Å². The summed E-state index contributed by atoms with van der Waals surface area (Å²) >= 11 is 3.23. The largest absolute Gasteiger partial charge is 0.417 e. The Morgan fingerprint density at radius 3 is 2.19 bits per heavy atom. The highest BCUT2D eigenvalue weighted by Gasteiger charge is 2.32. The van der Waals surface area contributed by atoms with Gasteiger partial charge in [-0.15, -0.1) is 0 Å². The average Bonchev–Trinajstić information content (AvgIpc) is 2.74. The summed E-state index contributed by atoms with van der Waals surface area (Å²) in [6, 6.07) is 16.3. The SMILES string of the molecule is O=C(NN=Cc1ccccc1C(F)(F)F)c1ccc(NS(=O)(=O)c2ccc(Br)cc2)cc1. The molecule has 0 aliphatic rings. The Bertz CT molecular complexity index is 1240. The first-order chi connectivity index (χ1) is 15.1. The molecular formula is C21H15BrF3N3O3S. The van der Waals surface area contributed by atoms with E-state index in [1.54, 1.807) is 12.1 Å². The fourth-order valence-electron chi connectivity index (χ4n) is 2.61. The summed E-state index contributed by atoms with van der Waals surface area (Å²) in [5.41, 5.74) is 1.44. The molecule has 0 fully saturated rings. The van der Waals surface area contributed by atoms with Crippen molar-refractivity contribution >= 4 is 43.8 Å². The number of benzene rings is 3. The number of hydrogen-bond acceptors (Lipinski definition) is 4. The minimum absolute atomic E-state index is 0.0657. The molecule has 32 heavy (non-hydrogen) atoms. The summed E-state index contributed by atoms with van der Waals surface area (Å²) in [4.78, 5) is 12.2. The van der Waals surface area contributed by atoms with E-state index in [2.05, 4.69) is 31.2 Å². The third-order valence-electron chi connectivity index (χ3n) is 4.16. The lowest BCUT2D eigenvalue weighted by molar-refractivity contribution is -0.137. The Hall–Kier alpha value is -3.18. The van der Waals surface area contributed by atoms with Crippen LogP contribution in [0.1, 0.15) is 21.5 Å². The van der Waals surface area contributed by atoms with Crippen molar-refractivity contribution in [2.24, 2.45) is 5.10 Å². The van der Waals surface area contributed by atoms with Gasteiger partial charge in [0.15, 0.2) is 0 Å². The van der Waals surface area contributed by atoms with E-state index in [1.807, 2.05) is 0 Å². The molecule has 0 aromatic heterocycles. The third-order valence-corrected chi connectivity index (χ3v) is 6.09. The fraction of sp³-hybridized carbons (Fsp3) is 0.0476. The molecule has 3 rings (SSSR count). The number of alkyl halides is 3. The van der Waals surface area contributed by atoms with Gasteiger partial charge in [-0.3, -0.25) is 9.52 Å². The Balaban J connectivity index is 1.66. The van der Waals surface area contributed by atoms with Gasteiger partial charge in [-0.1, -0.05) is 34.1 Å². The molecule has 3 aromatic carbocycles. The summed E-state index contributed by atoms with van der Waals surface area (Å²) in [6.07, 6.45) is -3.65. The summed E-state index contributed by atoms with van der Waals surface area (Å²) in [5.74, 6) is -0.673. The molecule has 11 heteroatoms. The summed E-state index contributed by atoms with van der Waals surface area (Å²) < 4.78 is 66.9. The molecule has 0 saturated carbocycles. The number of hydrazone groups is 1. The molecular weight excluding hydrogens is 511 g/mol. The number of nitrogens with one attached hydrogen (secondary N) is 2. The van der Waals surface area contributed by atoms with Gasteiger partial charge in [0.05, 0.1) is 16.7 Å². The number of carbonyl (C=O) groups is 1. The van der Waals surface area contributed by atoms with Crippen LogP contribution >= 0.6 is 15.9 Å². The second-order valence-corrected chi connectivity index (χ2v) is 9.02. The standard InChI is InChI=1S/C21H15BrF3N3O3S/c22-16-7-11-18(12-8-16)32(30,31)28-17-9-5-14(6-10-17)20(29)27-26-13-15-3-1-2-4-19(15)21(23,24)25/h1-13,28H,(H,27,29). The summed E-state index contributed by atoms with van der Waals surface area (Å²) in [6.45, 7) is 0. The number of hydrogen-bond donors (Lipinski definition) is 2. The Morgan fingerprint density at radius 1 is 0.938 bits per heavy atom. The molecule has 3 aromatic rings. The Kier molecular flexibility index (Phi) is 6.99. The van der Waals surface area contributed by atoms with E-state index in [1.165, 1.54) is 54.6 Å². The maximum absolute atomic E-state index is 13.0. The van der Waals surface area contributed by atoms with Crippen molar-refractivity contribution in [2.75, 3.05) is 4.72 Å². The normalized spacial score (nSPS) is 12.0. The molecule has 0 spiro atoms. The first-order valence-corrected chi connectivity index (χ1v) is 11.2. The lowest BCUT2D eigenvalue weighted by Gasteiger charge is -2.09. The maximum Gasteiger partial charge on any atom is 0.417 e. The lowest BCUT2D eigenvalue weighted by Crippen LogP contribution is -2.18. The van der Waals surface area contributed by atoms with E-state index >= 15 is 0 Å². The van der Waals surface area contributed by atoms with Crippen molar-refractivity contribution in [3.63, 3.8) is 0 Å². The fourth-order valence-corrected chi connectivity index (χ4v) is 3.93. The zero-order valence-corrected chi connectivity index (χ0v) is 18.5. The second kappa shape index (κ2) is 9.53. The zero-order valence-electron chi connectivity index (χ0n) is 16.1. The van der Waals surface area contributed by atoms with Crippen LogP contribution in [0.5, 0.6) is 0 Å². The smallest absolute Gasteiger partial charge is 0.280 e. The van der Waals surface area contributed by atoms with Gasteiger partial charge in [0.25, 0.3) is 15.9 Å². The predicted molar refractivity (Wildman–Crippen MR) is 118 cm³/mol. The van der Waals surface area contributed by atoms with Crippen LogP contribution in [0.4, 0.5) is 18.9 Å². The highest BCUT2D eigenvalue weighted by molar-refractivity contribution is 9.10. The van der Waals surface area contributed by atoms with Crippen LogP contribution in [0.3, 0.4) is 0 Å². The highest BCUT2D eigenvalue weighted by atomic mass is 79.9. The van der Waals surface area contributed by atoms with Gasteiger partial charge in [-0.05, 0) is 54.6 Å². The number of rotatable bonds is 6. The monoisotopic (exact) mass is 525 g/mol. The van der Waals surface area contributed by atoms with Crippen molar-refractivity contribution in [3.05, 3.63) is 94.0 Å². The van der Waals surface area contributed by atoms with E-state index in [0.717, 1.165) is 16.8 Å². The van der Waals surface area contributed by atoms with Crippen LogP contribution < -0.4 is 10.1 Å². The molecule has 0 saturated heterocycles. The zero-order chi connectivity index (χ0) is 23.4. The molecule has 0 aliphatic carbocycles. The molecule has 0 radical (unpaired) electrons. The Morgan fingerprint density at radius 2 is 1.56 bits per heavy atom. The lowest BCUT2D eigenvalue weighted by atomic mass is 10.1. The van der Waals surface area contributed by atoms with Crippen LogP contribution in [0.15, 0.2) is 87.3 Å². The number of carbonyl (C=O) groups excluding carboxylic acids is 1. The first kappa shape index (κ1) is 23.5. The van der Waals surface area contributed by atoms with Crippen molar-refractivity contribution in [2.45, 2.75) is 11.1 Å². The van der Waals surface area contributed by atoms with E-state index in [-0.39, 0.29) is 21.7 Å². The topological polar surface area (TPSA) is 87.6 Å². The number of halogens is 4. The van der Waals surface area contributed by atoms with E-state index in [4.69, 9.17) is 0 Å². The molecule has 0 atom stereocenters. The van der Waals surface area contributed by atoms with Gasteiger partial charge >= 0.3 is 6.18 Å². The van der Waals surface area contributed by atoms with Crippen LogP contribution in [-0.4, -0.2) is 20.5 Å². The van der Waals surface area contributed by atoms with Crippen LogP contribution in [0.2, 0.25) is 0 Å². The minimum atomic E-state index is -4.55.